The lowest BCUT2D eigenvalue weighted by atomic mass is 9.99. The molecule has 2 N–H and O–H groups in total. The van der Waals surface area contributed by atoms with Crippen molar-refractivity contribution in [1.82, 2.24) is 9.80 Å². The van der Waals surface area contributed by atoms with E-state index in [-0.39, 0.29) is 24.0 Å². The first kappa shape index (κ1) is 18.5. The van der Waals surface area contributed by atoms with Crippen LogP contribution in [0, 0.1) is 0 Å². The predicted octanol–water partition coefficient (Wildman–Crippen LogP) is 2.85. The number of halogens is 1. The Bertz CT molecular complexity index is 526. The van der Waals surface area contributed by atoms with Crippen LogP contribution < -0.4 is 5.73 Å². The molecule has 1 saturated heterocycles. The van der Waals surface area contributed by atoms with Gasteiger partial charge in [-0.1, -0.05) is 24.3 Å². The monoisotopic (exact) mass is 428 g/mol. The van der Waals surface area contributed by atoms with E-state index in [4.69, 9.17) is 5.73 Å². The van der Waals surface area contributed by atoms with Crippen molar-refractivity contribution in [2.24, 2.45) is 10.7 Å². The minimum Gasteiger partial charge on any atom is -0.370 e. The number of fused-ring (bicyclic) bond motifs is 1. The first-order valence-corrected chi connectivity index (χ1v) is 8.60. The smallest absolute Gasteiger partial charge is 0.191 e. The average molecular weight is 428 g/mol. The van der Waals surface area contributed by atoms with Gasteiger partial charge < -0.3 is 10.6 Å². The van der Waals surface area contributed by atoms with Crippen molar-refractivity contribution in [2.45, 2.75) is 45.2 Å². The van der Waals surface area contributed by atoms with E-state index >= 15 is 0 Å². The van der Waals surface area contributed by atoms with E-state index in [2.05, 4.69) is 46.0 Å². The standard InChI is InChI=1S/C18H28N4.HI/c1-15(13-20-18(19)21-10-5-2-6-11-21)22-12-9-16-7-3-4-8-17(16)14-22;/h3-4,7-8,15H,2,5-6,9-14H2,1H3,(H2,19,20);1H. The summed E-state index contributed by atoms with van der Waals surface area (Å²) in [5.41, 5.74) is 9.13. The number of aliphatic imine (C=N–C) groups is 1. The molecule has 0 radical (unpaired) electrons. The molecule has 4 nitrogen and oxygen atoms in total. The first-order chi connectivity index (χ1) is 10.7. The van der Waals surface area contributed by atoms with Crippen molar-refractivity contribution < 1.29 is 0 Å². The molecule has 3 rings (SSSR count). The van der Waals surface area contributed by atoms with E-state index in [9.17, 15) is 0 Å². The number of benzene rings is 1. The van der Waals surface area contributed by atoms with E-state index < -0.39 is 0 Å². The topological polar surface area (TPSA) is 44.9 Å². The van der Waals surface area contributed by atoms with Crippen LogP contribution in [0.25, 0.3) is 0 Å². The maximum atomic E-state index is 6.16. The number of guanidine groups is 1. The molecule has 1 atom stereocenters. The molecular formula is C18H29IN4. The Morgan fingerprint density at radius 1 is 1.13 bits per heavy atom. The largest absolute Gasteiger partial charge is 0.370 e. The molecule has 23 heavy (non-hydrogen) atoms. The molecule has 0 spiro atoms. The molecule has 1 unspecified atom stereocenters. The van der Waals surface area contributed by atoms with Gasteiger partial charge in [0.15, 0.2) is 5.96 Å². The summed E-state index contributed by atoms with van der Waals surface area (Å²) in [6.45, 7) is 7.36. The lowest BCUT2D eigenvalue weighted by molar-refractivity contribution is 0.195. The third kappa shape index (κ3) is 4.83. The van der Waals surface area contributed by atoms with Gasteiger partial charge in [-0.2, -0.15) is 0 Å². The van der Waals surface area contributed by atoms with Crippen molar-refractivity contribution in [3.8, 4) is 0 Å². The van der Waals surface area contributed by atoms with Gasteiger partial charge in [-0.3, -0.25) is 9.89 Å². The van der Waals surface area contributed by atoms with Crippen molar-refractivity contribution in [3.05, 3.63) is 35.4 Å². The van der Waals surface area contributed by atoms with E-state index in [1.165, 1.54) is 30.4 Å². The van der Waals surface area contributed by atoms with Crippen LogP contribution in [0.15, 0.2) is 29.3 Å². The molecule has 2 heterocycles. The summed E-state index contributed by atoms with van der Waals surface area (Å²) in [7, 11) is 0. The van der Waals surface area contributed by atoms with E-state index in [1.807, 2.05) is 0 Å². The highest BCUT2D eigenvalue weighted by Gasteiger charge is 2.20. The van der Waals surface area contributed by atoms with E-state index in [0.29, 0.717) is 6.04 Å². The van der Waals surface area contributed by atoms with Crippen molar-refractivity contribution >= 4 is 29.9 Å². The van der Waals surface area contributed by atoms with Crippen LogP contribution in [-0.2, 0) is 13.0 Å². The highest BCUT2D eigenvalue weighted by Crippen LogP contribution is 2.20. The Kier molecular flexibility index (Phi) is 7.14. The SMILES string of the molecule is CC(CN=C(N)N1CCCCC1)N1CCc2ccccc2C1.I. The molecule has 0 amide bonds. The molecule has 0 aliphatic carbocycles. The average Bonchev–Trinajstić information content (AvgIpc) is 2.59. The van der Waals surface area contributed by atoms with Crippen LogP contribution in [0.5, 0.6) is 0 Å². The molecular weight excluding hydrogens is 399 g/mol. The second kappa shape index (κ2) is 8.87. The molecule has 0 saturated carbocycles. The summed E-state index contributed by atoms with van der Waals surface area (Å²) in [5.74, 6) is 0.740. The minimum atomic E-state index is 0. The lowest BCUT2D eigenvalue weighted by Gasteiger charge is -2.33. The Balaban J connectivity index is 0.00000192. The Hall–Kier alpha value is -0.820. The summed E-state index contributed by atoms with van der Waals surface area (Å²) < 4.78 is 0. The molecule has 1 fully saturated rings. The van der Waals surface area contributed by atoms with Gasteiger partial charge in [0.05, 0.1) is 6.54 Å². The normalized spacial score (nSPS) is 20.6. The highest BCUT2D eigenvalue weighted by atomic mass is 127. The van der Waals surface area contributed by atoms with Gasteiger partial charge in [0.25, 0.3) is 0 Å². The summed E-state index contributed by atoms with van der Waals surface area (Å²) in [5, 5.41) is 0. The van der Waals surface area contributed by atoms with Gasteiger partial charge in [-0.15, -0.1) is 24.0 Å². The number of piperidine rings is 1. The Labute approximate surface area is 157 Å². The van der Waals surface area contributed by atoms with Crippen LogP contribution in [0.2, 0.25) is 0 Å². The Morgan fingerprint density at radius 3 is 2.57 bits per heavy atom. The zero-order valence-electron chi connectivity index (χ0n) is 14.1. The summed E-state index contributed by atoms with van der Waals surface area (Å²) in [4.78, 5) is 9.42. The number of nitrogens with two attached hydrogens (primary N) is 1. The molecule has 128 valence electrons. The van der Waals surface area contributed by atoms with Gasteiger partial charge in [0, 0.05) is 32.2 Å². The fraction of sp³-hybridized carbons (Fsp3) is 0.611. The predicted molar refractivity (Wildman–Crippen MR) is 107 cm³/mol. The Morgan fingerprint density at radius 2 is 1.83 bits per heavy atom. The van der Waals surface area contributed by atoms with Gasteiger partial charge >= 0.3 is 0 Å². The lowest BCUT2D eigenvalue weighted by Crippen LogP contribution is -2.43. The van der Waals surface area contributed by atoms with E-state index in [1.54, 1.807) is 0 Å². The molecule has 2 aliphatic heterocycles. The summed E-state index contributed by atoms with van der Waals surface area (Å²) in [6, 6.07) is 9.22. The molecule has 2 aliphatic rings. The van der Waals surface area contributed by atoms with Gasteiger partial charge in [0.2, 0.25) is 0 Å². The summed E-state index contributed by atoms with van der Waals surface area (Å²) in [6.07, 6.45) is 4.96. The maximum Gasteiger partial charge on any atom is 0.191 e. The number of rotatable bonds is 3. The molecule has 0 aromatic heterocycles. The summed E-state index contributed by atoms with van der Waals surface area (Å²) >= 11 is 0. The number of likely N-dealkylation sites (tertiary alicyclic amines) is 1. The molecule has 5 heteroatoms. The number of nitrogens with zero attached hydrogens (tertiary/aromatic N) is 3. The third-order valence-corrected chi connectivity index (χ3v) is 4.98. The van der Waals surface area contributed by atoms with Crippen LogP contribution in [0.1, 0.15) is 37.3 Å². The highest BCUT2D eigenvalue weighted by molar-refractivity contribution is 14.0. The fourth-order valence-electron chi connectivity index (χ4n) is 3.46. The maximum absolute atomic E-state index is 6.16. The molecule has 1 aromatic carbocycles. The first-order valence-electron chi connectivity index (χ1n) is 8.60. The van der Waals surface area contributed by atoms with Crippen LogP contribution in [-0.4, -0.2) is 48.0 Å². The number of hydrogen-bond donors (Lipinski definition) is 1. The second-order valence-corrected chi connectivity index (χ2v) is 6.58. The third-order valence-electron chi connectivity index (χ3n) is 4.98. The van der Waals surface area contributed by atoms with Crippen molar-refractivity contribution in [2.75, 3.05) is 26.2 Å². The van der Waals surface area contributed by atoms with E-state index in [0.717, 1.165) is 45.1 Å². The second-order valence-electron chi connectivity index (χ2n) is 6.58. The zero-order chi connectivity index (χ0) is 15.4. The fourth-order valence-corrected chi connectivity index (χ4v) is 3.46. The van der Waals surface area contributed by atoms with Gasteiger partial charge in [-0.25, -0.2) is 0 Å². The quantitative estimate of drug-likeness (QED) is 0.458. The van der Waals surface area contributed by atoms with Crippen molar-refractivity contribution in [1.29, 1.82) is 0 Å². The van der Waals surface area contributed by atoms with Gasteiger partial charge in [-0.05, 0) is 43.7 Å². The van der Waals surface area contributed by atoms with Crippen LogP contribution in [0.4, 0.5) is 0 Å². The van der Waals surface area contributed by atoms with Crippen molar-refractivity contribution in [3.63, 3.8) is 0 Å². The van der Waals surface area contributed by atoms with Crippen LogP contribution in [0.3, 0.4) is 0 Å². The number of hydrogen-bond acceptors (Lipinski definition) is 2. The zero-order valence-corrected chi connectivity index (χ0v) is 16.4. The molecule has 0 bridgehead atoms. The molecule has 1 aromatic rings. The van der Waals surface area contributed by atoms with Crippen LogP contribution >= 0.6 is 24.0 Å². The minimum absolute atomic E-state index is 0. The van der Waals surface area contributed by atoms with Gasteiger partial charge in [0.1, 0.15) is 0 Å².